The van der Waals surface area contributed by atoms with Crippen LogP contribution in [0.1, 0.15) is 72.6 Å². The molecule has 0 spiro atoms. The summed E-state index contributed by atoms with van der Waals surface area (Å²) in [6.45, 7) is 8.01. The minimum absolute atomic E-state index is 0.237. The summed E-state index contributed by atoms with van der Waals surface area (Å²) in [4.78, 5) is 23.7. The van der Waals surface area contributed by atoms with Gasteiger partial charge >= 0.3 is 11.9 Å². The summed E-state index contributed by atoms with van der Waals surface area (Å²) in [5.74, 6) is 0.501. The van der Waals surface area contributed by atoms with Crippen LogP contribution in [-0.2, 0) is 9.59 Å². The van der Waals surface area contributed by atoms with E-state index >= 15 is 0 Å². The zero-order valence-corrected chi connectivity index (χ0v) is 16.0. The van der Waals surface area contributed by atoms with Crippen molar-refractivity contribution in [2.24, 2.45) is 11.8 Å². The molecule has 0 aliphatic carbocycles. The molecule has 1 rings (SSSR count). The molecule has 0 fully saturated rings. The molecule has 0 aromatic heterocycles. The molecular weight excluding hydrogens is 316 g/mol. The van der Waals surface area contributed by atoms with Crippen LogP contribution in [0.4, 0.5) is 0 Å². The number of benzene rings is 1. The number of esters is 2. The zero-order valence-electron chi connectivity index (χ0n) is 16.0. The fourth-order valence-electron chi connectivity index (χ4n) is 2.37. The third-order valence-electron chi connectivity index (χ3n) is 3.92. The Labute approximate surface area is 151 Å². The smallest absolute Gasteiger partial charge is 0.313 e. The summed E-state index contributed by atoms with van der Waals surface area (Å²) in [7, 11) is 0. The normalized spacial score (nSPS) is 11.0. The second-order valence-electron chi connectivity index (χ2n) is 7.20. The second-order valence-corrected chi connectivity index (χ2v) is 7.20. The summed E-state index contributed by atoms with van der Waals surface area (Å²) >= 11 is 0. The van der Waals surface area contributed by atoms with Gasteiger partial charge in [0.05, 0.1) is 5.92 Å². The van der Waals surface area contributed by atoms with Gasteiger partial charge in [0.15, 0.2) is 11.5 Å². The molecule has 140 valence electrons. The Kier molecular flexibility index (Phi) is 9.90. The van der Waals surface area contributed by atoms with E-state index in [4.69, 9.17) is 9.47 Å². The van der Waals surface area contributed by atoms with Gasteiger partial charge in [0.2, 0.25) is 0 Å². The molecule has 0 radical (unpaired) electrons. The number of hydrogen-bond acceptors (Lipinski definition) is 4. The van der Waals surface area contributed by atoms with Gasteiger partial charge in [-0.15, -0.1) is 0 Å². The highest BCUT2D eigenvalue weighted by molar-refractivity contribution is 5.77. The lowest BCUT2D eigenvalue weighted by atomic mass is 10.0. The Balaban J connectivity index is 2.34. The highest BCUT2D eigenvalue weighted by atomic mass is 16.6. The maximum atomic E-state index is 12.0. The van der Waals surface area contributed by atoms with Gasteiger partial charge in [-0.05, 0) is 24.5 Å². The highest BCUT2D eigenvalue weighted by Crippen LogP contribution is 2.27. The van der Waals surface area contributed by atoms with E-state index in [1.54, 1.807) is 38.1 Å². The molecule has 0 heterocycles. The van der Waals surface area contributed by atoms with Crippen molar-refractivity contribution >= 4 is 11.9 Å². The van der Waals surface area contributed by atoms with E-state index < -0.39 is 0 Å². The molecule has 0 saturated heterocycles. The second kappa shape index (κ2) is 11.7. The lowest BCUT2D eigenvalue weighted by Crippen LogP contribution is -2.16. The summed E-state index contributed by atoms with van der Waals surface area (Å²) in [6.07, 6.45) is 7.16. The standard InChI is InChI=1S/C21H32O4/c1-16(2)12-8-6-5-7-9-15-20(22)24-18-13-10-11-14-19(18)25-21(23)17(3)4/h10-11,13-14,16-17H,5-9,12,15H2,1-4H3. The number of unbranched alkanes of at least 4 members (excludes halogenated alkanes) is 4. The van der Waals surface area contributed by atoms with Crippen molar-refractivity contribution < 1.29 is 19.1 Å². The predicted octanol–water partition coefficient (Wildman–Crippen LogP) is 5.54. The van der Waals surface area contributed by atoms with Crippen LogP contribution in [-0.4, -0.2) is 11.9 Å². The molecule has 1 aromatic carbocycles. The number of hydrogen-bond donors (Lipinski definition) is 0. The fourth-order valence-corrected chi connectivity index (χ4v) is 2.37. The maximum absolute atomic E-state index is 12.0. The van der Waals surface area contributed by atoms with Gasteiger partial charge in [0, 0.05) is 6.42 Å². The zero-order chi connectivity index (χ0) is 18.7. The van der Waals surface area contributed by atoms with Crippen molar-refractivity contribution in [1.29, 1.82) is 0 Å². The molecule has 0 aliphatic rings. The first-order valence-electron chi connectivity index (χ1n) is 9.41. The van der Waals surface area contributed by atoms with Crippen molar-refractivity contribution in [2.75, 3.05) is 0 Å². The maximum Gasteiger partial charge on any atom is 0.313 e. The summed E-state index contributed by atoms with van der Waals surface area (Å²) in [5, 5.41) is 0. The Morgan fingerprint density at radius 2 is 1.40 bits per heavy atom. The SMILES string of the molecule is CC(C)CCCCCCCC(=O)Oc1ccccc1OC(=O)C(C)C. The summed E-state index contributed by atoms with van der Waals surface area (Å²) in [5.41, 5.74) is 0. The van der Waals surface area contributed by atoms with E-state index in [0.29, 0.717) is 17.9 Å². The number of carbonyl (C=O) groups excluding carboxylic acids is 2. The Morgan fingerprint density at radius 1 is 0.840 bits per heavy atom. The summed E-state index contributed by atoms with van der Waals surface area (Å²) < 4.78 is 10.7. The number of carbonyl (C=O) groups is 2. The van der Waals surface area contributed by atoms with Crippen LogP contribution < -0.4 is 9.47 Å². The van der Waals surface area contributed by atoms with Gasteiger partial charge in [-0.2, -0.15) is 0 Å². The van der Waals surface area contributed by atoms with Crippen molar-refractivity contribution in [3.8, 4) is 11.5 Å². The number of para-hydroxylation sites is 2. The molecule has 0 atom stereocenters. The third kappa shape index (κ3) is 9.28. The molecule has 0 bridgehead atoms. The first-order valence-corrected chi connectivity index (χ1v) is 9.41. The van der Waals surface area contributed by atoms with Crippen molar-refractivity contribution in [1.82, 2.24) is 0 Å². The molecular formula is C21H32O4. The van der Waals surface area contributed by atoms with Crippen molar-refractivity contribution in [3.05, 3.63) is 24.3 Å². The van der Waals surface area contributed by atoms with Gasteiger partial charge in [-0.3, -0.25) is 9.59 Å². The topological polar surface area (TPSA) is 52.6 Å². The Bertz CT molecular complexity index is 534. The molecule has 0 saturated carbocycles. The van der Waals surface area contributed by atoms with E-state index in [9.17, 15) is 9.59 Å². The van der Waals surface area contributed by atoms with E-state index in [0.717, 1.165) is 25.2 Å². The number of rotatable bonds is 11. The first-order chi connectivity index (χ1) is 11.9. The van der Waals surface area contributed by atoms with E-state index in [1.165, 1.54) is 19.3 Å². The summed E-state index contributed by atoms with van der Waals surface area (Å²) in [6, 6.07) is 6.78. The minimum atomic E-state index is -0.343. The average molecular weight is 348 g/mol. The fraction of sp³-hybridized carbons (Fsp3) is 0.619. The first kappa shape index (κ1) is 21.2. The van der Waals surface area contributed by atoms with Crippen LogP contribution >= 0.6 is 0 Å². The number of ether oxygens (including phenoxy) is 2. The quantitative estimate of drug-likeness (QED) is 0.299. The lowest BCUT2D eigenvalue weighted by molar-refractivity contribution is -0.139. The van der Waals surface area contributed by atoms with E-state index in [1.807, 2.05) is 0 Å². The van der Waals surface area contributed by atoms with Crippen LogP contribution in [0, 0.1) is 11.8 Å². The molecule has 4 heteroatoms. The monoisotopic (exact) mass is 348 g/mol. The van der Waals surface area contributed by atoms with Gasteiger partial charge in [-0.1, -0.05) is 71.9 Å². The largest absolute Gasteiger partial charge is 0.423 e. The van der Waals surface area contributed by atoms with Crippen LogP contribution in [0.25, 0.3) is 0 Å². The van der Waals surface area contributed by atoms with Gasteiger partial charge in [-0.25, -0.2) is 0 Å². The molecule has 0 aliphatic heterocycles. The highest BCUT2D eigenvalue weighted by Gasteiger charge is 2.15. The van der Waals surface area contributed by atoms with E-state index in [2.05, 4.69) is 13.8 Å². The average Bonchev–Trinajstić information content (AvgIpc) is 2.55. The van der Waals surface area contributed by atoms with Crippen LogP contribution in [0.15, 0.2) is 24.3 Å². The lowest BCUT2D eigenvalue weighted by Gasteiger charge is -2.11. The molecule has 1 aromatic rings. The van der Waals surface area contributed by atoms with Crippen LogP contribution in [0.3, 0.4) is 0 Å². The third-order valence-corrected chi connectivity index (χ3v) is 3.92. The molecule has 0 N–H and O–H groups in total. The van der Waals surface area contributed by atoms with Crippen LogP contribution in [0.5, 0.6) is 11.5 Å². The predicted molar refractivity (Wildman–Crippen MR) is 99.7 cm³/mol. The Morgan fingerprint density at radius 3 is 2.00 bits per heavy atom. The van der Waals surface area contributed by atoms with Crippen LogP contribution in [0.2, 0.25) is 0 Å². The van der Waals surface area contributed by atoms with E-state index in [-0.39, 0.29) is 17.9 Å². The molecule has 25 heavy (non-hydrogen) atoms. The van der Waals surface area contributed by atoms with Gasteiger partial charge in [0.1, 0.15) is 0 Å². The van der Waals surface area contributed by atoms with Crippen molar-refractivity contribution in [2.45, 2.75) is 72.6 Å². The van der Waals surface area contributed by atoms with Gasteiger partial charge < -0.3 is 9.47 Å². The van der Waals surface area contributed by atoms with Crippen molar-refractivity contribution in [3.63, 3.8) is 0 Å². The van der Waals surface area contributed by atoms with Gasteiger partial charge in [0.25, 0.3) is 0 Å². The molecule has 4 nitrogen and oxygen atoms in total. The molecule has 0 amide bonds. The Hall–Kier alpha value is -1.84. The molecule has 0 unspecified atom stereocenters. The minimum Gasteiger partial charge on any atom is -0.423 e.